The molecule has 1 saturated heterocycles. The fourth-order valence-electron chi connectivity index (χ4n) is 3.29. The van der Waals surface area contributed by atoms with Crippen molar-refractivity contribution in [3.63, 3.8) is 0 Å². The number of nitrogens with zero attached hydrogens (tertiary/aromatic N) is 2. The van der Waals surface area contributed by atoms with Crippen LogP contribution < -0.4 is 0 Å². The number of aryl methyl sites for hydroxylation is 1. The highest BCUT2D eigenvalue weighted by Gasteiger charge is 2.33. The fraction of sp³-hybridized carbons (Fsp3) is 0.556. The molecule has 1 aliphatic heterocycles. The Morgan fingerprint density at radius 2 is 1.88 bits per heavy atom. The van der Waals surface area contributed by atoms with Gasteiger partial charge in [0, 0.05) is 25.2 Å². The van der Waals surface area contributed by atoms with Crippen LogP contribution in [-0.4, -0.2) is 60.3 Å². The highest BCUT2D eigenvalue weighted by atomic mass is 32.2. The number of carbonyl (C=O) groups is 2. The van der Waals surface area contributed by atoms with Crippen LogP contribution in [0.5, 0.6) is 0 Å². The maximum atomic E-state index is 13.0. The van der Waals surface area contributed by atoms with E-state index in [1.807, 2.05) is 0 Å². The van der Waals surface area contributed by atoms with Gasteiger partial charge in [0.25, 0.3) is 5.91 Å². The summed E-state index contributed by atoms with van der Waals surface area (Å²) in [5.74, 6) is -1.45. The number of sulfonamides is 1. The van der Waals surface area contributed by atoms with E-state index in [-0.39, 0.29) is 10.5 Å². The molecule has 8 heteroatoms. The Bertz CT molecular complexity index is 787. The Balaban J connectivity index is 2.44. The van der Waals surface area contributed by atoms with Crippen molar-refractivity contribution in [2.45, 2.75) is 51.0 Å². The zero-order valence-electron chi connectivity index (χ0n) is 15.4. The molecule has 1 atom stereocenters. The van der Waals surface area contributed by atoms with Crippen molar-refractivity contribution in [3.05, 3.63) is 29.3 Å². The molecule has 2 rings (SSSR count). The number of aliphatic carboxylic acids is 1. The van der Waals surface area contributed by atoms with Crippen molar-refractivity contribution in [2.75, 3.05) is 19.6 Å². The molecule has 0 bridgehead atoms. The maximum absolute atomic E-state index is 13.0. The first-order valence-electron chi connectivity index (χ1n) is 8.88. The first-order chi connectivity index (χ1) is 12.2. The lowest BCUT2D eigenvalue weighted by molar-refractivity contribution is -0.143. The molecule has 1 aliphatic rings. The maximum Gasteiger partial charge on any atom is 0.326 e. The van der Waals surface area contributed by atoms with Crippen LogP contribution in [0.4, 0.5) is 0 Å². The van der Waals surface area contributed by atoms with Crippen LogP contribution in [0.3, 0.4) is 0 Å². The molecule has 26 heavy (non-hydrogen) atoms. The Labute approximate surface area is 154 Å². The fourth-order valence-corrected chi connectivity index (χ4v) is 4.78. The van der Waals surface area contributed by atoms with Crippen molar-refractivity contribution in [1.82, 2.24) is 9.21 Å². The number of carboxylic acid groups (broad SMARTS) is 1. The molecule has 1 unspecified atom stereocenters. The quantitative estimate of drug-likeness (QED) is 0.813. The predicted molar refractivity (Wildman–Crippen MR) is 97.6 cm³/mol. The highest BCUT2D eigenvalue weighted by molar-refractivity contribution is 7.89. The van der Waals surface area contributed by atoms with Crippen molar-refractivity contribution in [1.29, 1.82) is 0 Å². The van der Waals surface area contributed by atoms with Gasteiger partial charge in [0.2, 0.25) is 10.0 Å². The third-order valence-electron chi connectivity index (χ3n) is 4.83. The summed E-state index contributed by atoms with van der Waals surface area (Å²) in [7, 11) is -3.69. The molecule has 1 amide bonds. The lowest BCUT2D eigenvalue weighted by atomic mass is 9.99. The molecule has 144 valence electrons. The molecule has 1 fully saturated rings. The molecule has 0 radical (unpaired) electrons. The first kappa shape index (κ1) is 20.4. The van der Waals surface area contributed by atoms with E-state index in [0.717, 1.165) is 12.8 Å². The number of carboxylic acids is 1. The van der Waals surface area contributed by atoms with Gasteiger partial charge in [-0.25, -0.2) is 13.2 Å². The van der Waals surface area contributed by atoms with Crippen molar-refractivity contribution < 1.29 is 23.1 Å². The molecule has 1 N–H and O–H groups in total. The second-order valence-corrected chi connectivity index (χ2v) is 8.35. The number of hydrogen-bond donors (Lipinski definition) is 1. The van der Waals surface area contributed by atoms with Crippen molar-refractivity contribution in [2.24, 2.45) is 0 Å². The zero-order valence-corrected chi connectivity index (χ0v) is 16.3. The van der Waals surface area contributed by atoms with E-state index in [0.29, 0.717) is 31.6 Å². The van der Waals surface area contributed by atoms with Gasteiger partial charge in [-0.3, -0.25) is 4.79 Å². The molecular weight excluding hydrogens is 356 g/mol. The third kappa shape index (κ3) is 3.91. The van der Waals surface area contributed by atoms with Gasteiger partial charge in [0.05, 0.1) is 4.90 Å². The zero-order chi connectivity index (χ0) is 19.5. The topological polar surface area (TPSA) is 95.0 Å². The minimum Gasteiger partial charge on any atom is -0.480 e. The van der Waals surface area contributed by atoms with Gasteiger partial charge in [-0.05, 0) is 43.9 Å². The summed E-state index contributed by atoms with van der Waals surface area (Å²) in [6.45, 7) is 6.27. The number of piperidine rings is 1. The summed E-state index contributed by atoms with van der Waals surface area (Å²) in [5.41, 5.74) is 0.870. The summed E-state index contributed by atoms with van der Waals surface area (Å²) in [6.07, 6.45) is 1.92. The number of likely N-dealkylation sites (tertiary alicyclic amines) is 1. The Hall–Kier alpha value is -1.93. The van der Waals surface area contributed by atoms with Crippen LogP contribution >= 0.6 is 0 Å². The lowest BCUT2D eigenvalue weighted by Gasteiger charge is -2.33. The Kier molecular flexibility index (Phi) is 6.41. The van der Waals surface area contributed by atoms with Crippen LogP contribution in [0.2, 0.25) is 0 Å². The summed E-state index contributed by atoms with van der Waals surface area (Å²) < 4.78 is 26.8. The average Bonchev–Trinajstić information content (AvgIpc) is 2.62. The number of benzene rings is 1. The van der Waals surface area contributed by atoms with Crippen LogP contribution in [-0.2, 0) is 14.8 Å². The van der Waals surface area contributed by atoms with Gasteiger partial charge in [0.15, 0.2) is 0 Å². The normalized spacial score (nSPS) is 18.2. The summed E-state index contributed by atoms with van der Waals surface area (Å²) in [4.78, 5) is 25.9. The van der Waals surface area contributed by atoms with E-state index >= 15 is 0 Å². The van der Waals surface area contributed by atoms with Gasteiger partial charge in [-0.2, -0.15) is 4.31 Å². The van der Waals surface area contributed by atoms with E-state index in [4.69, 9.17) is 0 Å². The molecule has 0 saturated carbocycles. The van der Waals surface area contributed by atoms with E-state index in [2.05, 4.69) is 0 Å². The molecule has 0 spiro atoms. The van der Waals surface area contributed by atoms with Gasteiger partial charge in [-0.15, -0.1) is 0 Å². The molecule has 1 heterocycles. The van der Waals surface area contributed by atoms with E-state index in [1.54, 1.807) is 26.8 Å². The van der Waals surface area contributed by atoms with E-state index in [9.17, 15) is 23.1 Å². The monoisotopic (exact) mass is 382 g/mol. The smallest absolute Gasteiger partial charge is 0.326 e. The van der Waals surface area contributed by atoms with Crippen LogP contribution in [0.15, 0.2) is 23.1 Å². The first-order valence-corrected chi connectivity index (χ1v) is 10.3. The largest absolute Gasteiger partial charge is 0.480 e. The molecule has 0 aliphatic carbocycles. The Morgan fingerprint density at radius 1 is 1.23 bits per heavy atom. The van der Waals surface area contributed by atoms with Gasteiger partial charge < -0.3 is 10.0 Å². The van der Waals surface area contributed by atoms with E-state index in [1.165, 1.54) is 21.3 Å². The SMILES string of the molecule is CCN(CC)S(=O)(=O)c1ccc(C)c(C(=O)N2CCCCC2C(=O)O)c1. The average molecular weight is 382 g/mol. The molecular formula is C18H26N2O5S. The van der Waals surface area contributed by atoms with Gasteiger partial charge in [0.1, 0.15) is 6.04 Å². The minimum absolute atomic E-state index is 0.0547. The molecule has 1 aromatic rings. The number of carbonyl (C=O) groups excluding carboxylic acids is 1. The summed E-state index contributed by atoms with van der Waals surface area (Å²) in [6, 6.07) is 3.60. The predicted octanol–water partition coefficient (Wildman–Crippen LogP) is 2.10. The van der Waals surface area contributed by atoms with Crippen molar-refractivity contribution >= 4 is 21.9 Å². The van der Waals surface area contributed by atoms with Crippen LogP contribution in [0.1, 0.15) is 49.0 Å². The second-order valence-electron chi connectivity index (χ2n) is 6.41. The third-order valence-corrected chi connectivity index (χ3v) is 6.88. The number of amides is 1. The minimum atomic E-state index is -3.69. The number of hydrogen-bond acceptors (Lipinski definition) is 4. The summed E-state index contributed by atoms with van der Waals surface area (Å²) in [5, 5.41) is 9.40. The van der Waals surface area contributed by atoms with E-state index < -0.39 is 27.9 Å². The van der Waals surface area contributed by atoms with Crippen LogP contribution in [0.25, 0.3) is 0 Å². The van der Waals surface area contributed by atoms with Gasteiger partial charge in [-0.1, -0.05) is 19.9 Å². The summed E-state index contributed by atoms with van der Waals surface area (Å²) >= 11 is 0. The van der Waals surface area contributed by atoms with Gasteiger partial charge >= 0.3 is 5.97 Å². The highest BCUT2D eigenvalue weighted by Crippen LogP contribution is 2.24. The number of rotatable bonds is 6. The Morgan fingerprint density at radius 3 is 2.46 bits per heavy atom. The molecule has 0 aromatic heterocycles. The molecule has 7 nitrogen and oxygen atoms in total. The van der Waals surface area contributed by atoms with Crippen molar-refractivity contribution in [3.8, 4) is 0 Å². The standard InChI is InChI=1S/C18H26N2O5S/c1-4-19(5-2)26(24,25)14-10-9-13(3)15(12-14)17(21)20-11-7-6-8-16(20)18(22)23/h9-10,12,16H,4-8,11H2,1-3H3,(H,22,23). The lowest BCUT2D eigenvalue weighted by Crippen LogP contribution is -2.48. The van der Waals surface area contributed by atoms with Crippen LogP contribution in [0, 0.1) is 6.92 Å². The second kappa shape index (κ2) is 8.18. The molecule has 1 aromatic carbocycles.